The molecule has 0 bridgehead atoms. The van der Waals surface area contributed by atoms with Gasteiger partial charge in [0.25, 0.3) is 0 Å². The zero-order valence-corrected chi connectivity index (χ0v) is 17.6. The van der Waals surface area contributed by atoms with Crippen molar-refractivity contribution in [3.63, 3.8) is 0 Å². The summed E-state index contributed by atoms with van der Waals surface area (Å²) in [5, 5.41) is 0. The topological polar surface area (TPSA) is 12.5 Å². The molecule has 1 aliphatic heterocycles. The standard InChI is InChI=1S/C24H24BrNO/c1-17-4-10-21(11-5-17)26-15-14-18-16-22(27-3)12-13-23(18)24(26,2)19-6-8-20(25)9-7-19/h4-13,16H,14-15H2,1-3H3. The summed E-state index contributed by atoms with van der Waals surface area (Å²) in [6.07, 6.45) is 1.01. The first-order valence-corrected chi connectivity index (χ1v) is 10.1. The van der Waals surface area contributed by atoms with Crippen LogP contribution in [-0.2, 0) is 12.0 Å². The summed E-state index contributed by atoms with van der Waals surface area (Å²) < 4.78 is 6.57. The van der Waals surface area contributed by atoms with Gasteiger partial charge in [0.2, 0.25) is 0 Å². The molecule has 0 saturated heterocycles. The van der Waals surface area contributed by atoms with Gasteiger partial charge in [-0.2, -0.15) is 0 Å². The van der Waals surface area contributed by atoms with Crippen LogP contribution in [0.4, 0.5) is 5.69 Å². The maximum absolute atomic E-state index is 5.47. The molecule has 2 nitrogen and oxygen atoms in total. The van der Waals surface area contributed by atoms with Gasteiger partial charge in [-0.25, -0.2) is 0 Å². The van der Waals surface area contributed by atoms with Gasteiger partial charge in [0.15, 0.2) is 0 Å². The molecular formula is C24H24BrNO. The van der Waals surface area contributed by atoms with Gasteiger partial charge in [0.1, 0.15) is 5.75 Å². The number of hydrogen-bond donors (Lipinski definition) is 0. The maximum atomic E-state index is 5.47. The molecule has 1 aliphatic rings. The predicted octanol–water partition coefficient (Wildman–Crippen LogP) is 6.09. The van der Waals surface area contributed by atoms with Gasteiger partial charge in [0, 0.05) is 16.7 Å². The van der Waals surface area contributed by atoms with E-state index in [2.05, 4.69) is 101 Å². The number of halogens is 1. The highest BCUT2D eigenvalue weighted by atomic mass is 79.9. The number of nitrogens with zero attached hydrogens (tertiary/aromatic N) is 1. The predicted molar refractivity (Wildman–Crippen MR) is 116 cm³/mol. The summed E-state index contributed by atoms with van der Waals surface area (Å²) in [5.74, 6) is 0.927. The van der Waals surface area contributed by atoms with Crippen LogP contribution in [0.15, 0.2) is 71.2 Å². The molecule has 1 atom stereocenters. The Morgan fingerprint density at radius 3 is 2.33 bits per heavy atom. The minimum atomic E-state index is -0.240. The number of benzene rings is 3. The van der Waals surface area contributed by atoms with Crippen LogP contribution >= 0.6 is 15.9 Å². The van der Waals surface area contributed by atoms with E-state index in [1.54, 1.807) is 7.11 Å². The highest BCUT2D eigenvalue weighted by Gasteiger charge is 2.40. The van der Waals surface area contributed by atoms with Crippen molar-refractivity contribution in [2.45, 2.75) is 25.8 Å². The van der Waals surface area contributed by atoms with Crippen LogP contribution in [0.25, 0.3) is 0 Å². The Hall–Kier alpha value is -2.26. The molecule has 3 aromatic rings. The number of methoxy groups -OCH3 is 1. The van der Waals surface area contributed by atoms with E-state index in [0.29, 0.717) is 0 Å². The highest BCUT2D eigenvalue weighted by molar-refractivity contribution is 9.10. The summed E-state index contributed by atoms with van der Waals surface area (Å²) in [5.41, 5.74) is 6.30. The Bertz CT molecular complexity index is 949. The summed E-state index contributed by atoms with van der Waals surface area (Å²) in [7, 11) is 1.73. The third-order valence-electron chi connectivity index (χ3n) is 5.73. The lowest BCUT2D eigenvalue weighted by Crippen LogP contribution is -2.49. The first-order valence-electron chi connectivity index (χ1n) is 9.30. The van der Waals surface area contributed by atoms with Crippen LogP contribution in [0.2, 0.25) is 0 Å². The second kappa shape index (κ2) is 7.05. The molecule has 0 saturated carbocycles. The fourth-order valence-corrected chi connectivity index (χ4v) is 4.44. The number of hydrogen-bond acceptors (Lipinski definition) is 2. The van der Waals surface area contributed by atoms with Crippen molar-refractivity contribution >= 4 is 21.6 Å². The normalized spacial score (nSPS) is 18.9. The van der Waals surface area contributed by atoms with Crippen LogP contribution in [0, 0.1) is 6.92 Å². The summed E-state index contributed by atoms with van der Waals surface area (Å²) >= 11 is 3.58. The molecule has 4 rings (SSSR count). The van der Waals surface area contributed by atoms with Crippen molar-refractivity contribution in [3.05, 3.63) is 93.5 Å². The minimum Gasteiger partial charge on any atom is -0.497 e. The van der Waals surface area contributed by atoms with E-state index < -0.39 is 0 Å². The van der Waals surface area contributed by atoms with Crippen molar-refractivity contribution in [2.24, 2.45) is 0 Å². The molecule has 138 valence electrons. The third kappa shape index (κ3) is 3.14. The van der Waals surface area contributed by atoms with E-state index in [1.165, 1.54) is 27.9 Å². The fourth-order valence-electron chi connectivity index (χ4n) is 4.18. The lowest BCUT2D eigenvalue weighted by atomic mass is 9.76. The molecule has 0 aromatic heterocycles. The number of fused-ring (bicyclic) bond motifs is 1. The molecule has 0 amide bonds. The molecule has 0 spiro atoms. The van der Waals surface area contributed by atoms with Crippen LogP contribution in [0.1, 0.15) is 29.2 Å². The van der Waals surface area contributed by atoms with E-state index in [-0.39, 0.29) is 5.54 Å². The van der Waals surface area contributed by atoms with E-state index in [4.69, 9.17) is 4.74 Å². The largest absolute Gasteiger partial charge is 0.497 e. The van der Waals surface area contributed by atoms with Gasteiger partial charge >= 0.3 is 0 Å². The summed E-state index contributed by atoms with van der Waals surface area (Å²) in [6.45, 7) is 5.44. The number of aryl methyl sites for hydroxylation is 1. The van der Waals surface area contributed by atoms with Crippen molar-refractivity contribution in [1.82, 2.24) is 0 Å². The first-order chi connectivity index (χ1) is 13.0. The van der Waals surface area contributed by atoms with Crippen molar-refractivity contribution in [3.8, 4) is 5.75 Å². The minimum absolute atomic E-state index is 0.240. The first kappa shape index (κ1) is 18.1. The van der Waals surface area contributed by atoms with Crippen molar-refractivity contribution in [1.29, 1.82) is 0 Å². The highest BCUT2D eigenvalue weighted by Crippen LogP contribution is 2.44. The lowest BCUT2D eigenvalue weighted by Gasteiger charge is -2.48. The number of ether oxygens (including phenoxy) is 1. The average molecular weight is 422 g/mol. The quantitative estimate of drug-likeness (QED) is 0.506. The number of anilines is 1. The van der Waals surface area contributed by atoms with Gasteiger partial charge in [-0.3, -0.25) is 0 Å². The monoisotopic (exact) mass is 421 g/mol. The number of rotatable bonds is 3. The molecule has 3 aromatic carbocycles. The summed E-state index contributed by atoms with van der Waals surface area (Å²) in [6, 6.07) is 24.1. The van der Waals surface area contributed by atoms with Crippen LogP contribution in [0.5, 0.6) is 5.75 Å². The smallest absolute Gasteiger partial charge is 0.119 e. The third-order valence-corrected chi connectivity index (χ3v) is 6.26. The molecule has 3 heteroatoms. The molecular weight excluding hydrogens is 398 g/mol. The SMILES string of the molecule is COc1ccc2c(c1)CCN(c1ccc(C)cc1)C2(C)c1ccc(Br)cc1. The Kier molecular flexibility index (Phi) is 4.73. The zero-order chi connectivity index (χ0) is 19.0. The van der Waals surface area contributed by atoms with Crippen LogP contribution in [-0.4, -0.2) is 13.7 Å². The second-order valence-corrected chi connectivity index (χ2v) is 8.26. The van der Waals surface area contributed by atoms with E-state index in [9.17, 15) is 0 Å². The molecule has 1 heterocycles. The summed E-state index contributed by atoms with van der Waals surface area (Å²) in [4.78, 5) is 2.53. The van der Waals surface area contributed by atoms with E-state index >= 15 is 0 Å². The second-order valence-electron chi connectivity index (χ2n) is 7.34. The molecule has 0 fully saturated rings. The Labute approximate surface area is 169 Å². The van der Waals surface area contributed by atoms with Gasteiger partial charge in [-0.1, -0.05) is 51.8 Å². The molecule has 0 N–H and O–H groups in total. The molecule has 0 aliphatic carbocycles. The Morgan fingerprint density at radius 1 is 0.963 bits per heavy atom. The Balaban J connectivity index is 1.91. The lowest BCUT2D eigenvalue weighted by molar-refractivity contribution is 0.411. The van der Waals surface area contributed by atoms with E-state index in [0.717, 1.165) is 23.2 Å². The average Bonchev–Trinajstić information content (AvgIpc) is 2.69. The van der Waals surface area contributed by atoms with Crippen LogP contribution in [0.3, 0.4) is 0 Å². The fraction of sp³-hybridized carbons (Fsp3) is 0.250. The zero-order valence-electron chi connectivity index (χ0n) is 16.0. The van der Waals surface area contributed by atoms with Gasteiger partial charge in [-0.15, -0.1) is 0 Å². The van der Waals surface area contributed by atoms with Gasteiger partial charge in [-0.05, 0) is 73.4 Å². The maximum Gasteiger partial charge on any atom is 0.119 e. The molecule has 27 heavy (non-hydrogen) atoms. The van der Waals surface area contributed by atoms with Crippen molar-refractivity contribution in [2.75, 3.05) is 18.6 Å². The molecule has 0 radical (unpaired) electrons. The van der Waals surface area contributed by atoms with Gasteiger partial charge < -0.3 is 9.64 Å². The van der Waals surface area contributed by atoms with E-state index in [1.807, 2.05) is 0 Å². The van der Waals surface area contributed by atoms with Gasteiger partial charge in [0.05, 0.1) is 12.6 Å². The van der Waals surface area contributed by atoms with Crippen molar-refractivity contribution < 1.29 is 4.74 Å². The Morgan fingerprint density at radius 2 is 1.67 bits per heavy atom. The van der Waals surface area contributed by atoms with Crippen LogP contribution < -0.4 is 9.64 Å². The molecule has 1 unspecified atom stereocenters.